The fraction of sp³-hybridized carbons (Fsp3) is 0.222. The molecule has 0 spiro atoms. The van der Waals surface area contributed by atoms with Crippen molar-refractivity contribution in [3.05, 3.63) is 60.5 Å². The van der Waals surface area contributed by atoms with Crippen LogP contribution >= 0.6 is 0 Å². The van der Waals surface area contributed by atoms with E-state index in [-0.39, 0.29) is 5.91 Å². The number of rotatable bonds is 7. The lowest BCUT2D eigenvalue weighted by molar-refractivity contribution is -0.116. The number of nitrogens with one attached hydrogen (secondary N) is 1. The van der Waals surface area contributed by atoms with Gasteiger partial charge >= 0.3 is 0 Å². The van der Waals surface area contributed by atoms with Gasteiger partial charge < -0.3 is 14.5 Å². The summed E-state index contributed by atoms with van der Waals surface area (Å²) in [6.07, 6.45) is 9.08. The Bertz CT molecular complexity index is 685. The standard InChI is InChI=1S/C18H20N2O3/c1-3-4-5-6-17(21)19-12-11-15-13-23-18(20-15)14-7-9-16(22-2)10-8-14/h3-10,13H,11-12H2,1-2H3,(H,19,21)/b4-3+,6-5+. The molecule has 0 saturated carbocycles. The third kappa shape index (κ3) is 5.14. The summed E-state index contributed by atoms with van der Waals surface area (Å²) in [5, 5.41) is 2.80. The Morgan fingerprint density at radius 2 is 2.09 bits per heavy atom. The monoisotopic (exact) mass is 312 g/mol. The van der Waals surface area contributed by atoms with E-state index in [9.17, 15) is 4.79 Å². The van der Waals surface area contributed by atoms with E-state index < -0.39 is 0 Å². The van der Waals surface area contributed by atoms with Crippen LogP contribution in [0.3, 0.4) is 0 Å². The van der Waals surface area contributed by atoms with Crippen molar-refractivity contribution < 1.29 is 13.9 Å². The molecule has 0 bridgehead atoms. The maximum atomic E-state index is 11.5. The molecule has 0 unspecified atom stereocenters. The van der Waals surface area contributed by atoms with Gasteiger partial charge in [0.05, 0.1) is 12.8 Å². The van der Waals surface area contributed by atoms with Gasteiger partial charge in [-0.1, -0.05) is 18.2 Å². The van der Waals surface area contributed by atoms with Crippen molar-refractivity contribution in [2.75, 3.05) is 13.7 Å². The van der Waals surface area contributed by atoms with E-state index in [1.165, 1.54) is 6.08 Å². The van der Waals surface area contributed by atoms with Crippen molar-refractivity contribution >= 4 is 5.91 Å². The summed E-state index contributed by atoms with van der Waals surface area (Å²) in [4.78, 5) is 15.9. The van der Waals surface area contributed by atoms with Crippen molar-refractivity contribution in [3.63, 3.8) is 0 Å². The lowest BCUT2D eigenvalue weighted by Crippen LogP contribution is -2.23. The van der Waals surface area contributed by atoms with E-state index >= 15 is 0 Å². The van der Waals surface area contributed by atoms with Gasteiger partial charge in [0.25, 0.3) is 0 Å². The fourth-order valence-corrected chi connectivity index (χ4v) is 1.91. The van der Waals surface area contributed by atoms with Gasteiger partial charge in [0.15, 0.2) is 0 Å². The second kappa shape index (κ2) is 8.58. The summed E-state index contributed by atoms with van der Waals surface area (Å²) in [6.45, 7) is 2.40. The Morgan fingerprint density at radius 3 is 2.78 bits per heavy atom. The van der Waals surface area contributed by atoms with Crippen LogP contribution in [0.1, 0.15) is 12.6 Å². The number of hydrogen-bond acceptors (Lipinski definition) is 4. The number of methoxy groups -OCH3 is 1. The number of ether oxygens (including phenoxy) is 1. The Kier molecular flexibility index (Phi) is 6.17. The van der Waals surface area contributed by atoms with Crippen LogP contribution in [0.2, 0.25) is 0 Å². The summed E-state index contributed by atoms with van der Waals surface area (Å²) in [6, 6.07) is 7.50. The van der Waals surface area contributed by atoms with E-state index in [4.69, 9.17) is 9.15 Å². The van der Waals surface area contributed by atoms with Crippen LogP contribution in [0.15, 0.2) is 59.2 Å². The molecule has 0 radical (unpaired) electrons. The number of amides is 1. The van der Waals surface area contributed by atoms with Gasteiger partial charge in [-0.25, -0.2) is 4.98 Å². The van der Waals surface area contributed by atoms with Gasteiger partial charge in [-0.15, -0.1) is 0 Å². The number of oxazole rings is 1. The molecule has 0 atom stereocenters. The first-order chi connectivity index (χ1) is 11.2. The number of hydrogen-bond donors (Lipinski definition) is 1. The zero-order valence-electron chi connectivity index (χ0n) is 13.3. The number of allylic oxidation sites excluding steroid dienone is 3. The predicted molar refractivity (Wildman–Crippen MR) is 89.2 cm³/mol. The minimum absolute atomic E-state index is 0.123. The van der Waals surface area contributed by atoms with Gasteiger partial charge in [-0.05, 0) is 31.2 Å². The Hall–Kier alpha value is -2.82. The van der Waals surface area contributed by atoms with Gasteiger partial charge in [-0.2, -0.15) is 0 Å². The fourth-order valence-electron chi connectivity index (χ4n) is 1.91. The summed E-state index contributed by atoms with van der Waals surface area (Å²) in [5.74, 6) is 1.22. The molecule has 0 aliphatic heterocycles. The topological polar surface area (TPSA) is 64.4 Å². The molecule has 0 aliphatic rings. The van der Waals surface area contributed by atoms with Crippen LogP contribution in [0.5, 0.6) is 5.75 Å². The lowest BCUT2D eigenvalue weighted by Gasteiger charge is -2.00. The molecule has 2 rings (SSSR count). The molecular weight excluding hydrogens is 292 g/mol. The summed E-state index contributed by atoms with van der Waals surface area (Å²) < 4.78 is 10.6. The SMILES string of the molecule is C/C=C/C=C/C(=O)NCCc1coc(-c2ccc(OC)cc2)n1. The quantitative estimate of drug-likeness (QED) is 0.630. The number of carbonyl (C=O) groups is 1. The molecule has 0 aliphatic carbocycles. The molecule has 5 nitrogen and oxygen atoms in total. The van der Waals surface area contributed by atoms with E-state index in [2.05, 4.69) is 10.3 Å². The van der Waals surface area contributed by atoms with E-state index in [0.717, 1.165) is 17.0 Å². The smallest absolute Gasteiger partial charge is 0.243 e. The third-order valence-corrected chi connectivity index (χ3v) is 3.12. The first-order valence-electron chi connectivity index (χ1n) is 7.39. The molecule has 1 N–H and O–H groups in total. The van der Waals surface area contributed by atoms with Crippen molar-refractivity contribution in [2.24, 2.45) is 0 Å². The molecule has 1 heterocycles. The first kappa shape index (κ1) is 16.5. The molecule has 23 heavy (non-hydrogen) atoms. The highest BCUT2D eigenvalue weighted by Crippen LogP contribution is 2.21. The summed E-state index contributed by atoms with van der Waals surface area (Å²) in [5.41, 5.74) is 1.68. The van der Waals surface area contributed by atoms with Gasteiger partial charge in [0.2, 0.25) is 11.8 Å². The van der Waals surface area contributed by atoms with Gasteiger partial charge in [0, 0.05) is 24.6 Å². The molecule has 1 aromatic heterocycles. The summed E-state index contributed by atoms with van der Waals surface area (Å²) in [7, 11) is 1.63. The minimum Gasteiger partial charge on any atom is -0.497 e. The third-order valence-electron chi connectivity index (χ3n) is 3.12. The number of aromatic nitrogens is 1. The average Bonchev–Trinajstić information content (AvgIpc) is 3.04. The van der Waals surface area contributed by atoms with Crippen LogP contribution in [-0.2, 0) is 11.2 Å². The molecule has 1 aromatic carbocycles. The van der Waals surface area contributed by atoms with Crippen LogP contribution in [0.4, 0.5) is 0 Å². The van der Waals surface area contributed by atoms with E-state index in [1.807, 2.05) is 37.3 Å². The van der Waals surface area contributed by atoms with Gasteiger partial charge in [0.1, 0.15) is 12.0 Å². The summed E-state index contributed by atoms with van der Waals surface area (Å²) >= 11 is 0. The van der Waals surface area contributed by atoms with Crippen molar-refractivity contribution in [3.8, 4) is 17.2 Å². The Morgan fingerprint density at radius 1 is 1.30 bits per heavy atom. The van der Waals surface area contributed by atoms with Crippen molar-refractivity contribution in [2.45, 2.75) is 13.3 Å². The second-order valence-corrected chi connectivity index (χ2v) is 4.80. The van der Waals surface area contributed by atoms with Crippen LogP contribution in [0.25, 0.3) is 11.5 Å². The molecular formula is C18H20N2O3. The number of benzene rings is 1. The number of nitrogens with zero attached hydrogens (tertiary/aromatic N) is 1. The molecule has 1 amide bonds. The Labute approximate surface area is 135 Å². The van der Waals surface area contributed by atoms with Crippen LogP contribution in [-0.4, -0.2) is 24.5 Å². The second-order valence-electron chi connectivity index (χ2n) is 4.80. The molecule has 2 aromatic rings. The zero-order valence-corrected chi connectivity index (χ0v) is 13.3. The maximum Gasteiger partial charge on any atom is 0.243 e. The average molecular weight is 312 g/mol. The normalized spacial score (nSPS) is 11.2. The molecule has 5 heteroatoms. The highest BCUT2D eigenvalue weighted by Gasteiger charge is 2.07. The number of carbonyl (C=O) groups excluding carboxylic acids is 1. The zero-order chi connectivity index (χ0) is 16.5. The van der Waals surface area contributed by atoms with Gasteiger partial charge in [-0.3, -0.25) is 4.79 Å². The maximum absolute atomic E-state index is 11.5. The van der Waals surface area contributed by atoms with Crippen molar-refractivity contribution in [1.29, 1.82) is 0 Å². The van der Waals surface area contributed by atoms with E-state index in [0.29, 0.717) is 18.9 Å². The molecule has 0 saturated heterocycles. The highest BCUT2D eigenvalue weighted by molar-refractivity contribution is 5.87. The minimum atomic E-state index is -0.123. The van der Waals surface area contributed by atoms with Crippen LogP contribution < -0.4 is 10.1 Å². The largest absolute Gasteiger partial charge is 0.497 e. The van der Waals surface area contributed by atoms with E-state index in [1.54, 1.807) is 25.5 Å². The highest BCUT2D eigenvalue weighted by atomic mass is 16.5. The lowest BCUT2D eigenvalue weighted by atomic mass is 10.2. The molecule has 0 fully saturated rings. The van der Waals surface area contributed by atoms with Crippen LogP contribution in [0, 0.1) is 0 Å². The first-order valence-corrected chi connectivity index (χ1v) is 7.39. The molecule has 120 valence electrons. The van der Waals surface area contributed by atoms with Crippen molar-refractivity contribution in [1.82, 2.24) is 10.3 Å². The Balaban J connectivity index is 1.86. The predicted octanol–water partition coefficient (Wildman–Crippen LogP) is 3.14.